The molecule has 1 amide bonds. The maximum atomic E-state index is 12.9. The number of benzene rings is 1. The number of amides is 1. The number of fused-ring (bicyclic) bond motifs is 3. The fourth-order valence-electron chi connectivity index (χ4n) is 3.42. The molecule has 0 aliphatic heterocycles. The van der Waals surface area contributed by atoms with Crippen LogP contribution in [0.15, 0.2) is 52.6 Å². The molecule has 0 aliphatic carbocycles. The molecule has 0 spiro atoms. The SMILES string of the molecule is CCc1nn(CC(=O)NC[C@@H](C)c2ccccc2)c(=O)c2cc3sccc3n12. The highest BCUT2D eigenvalue weighted by Gasteiger charge is 2.16. The maximum absolute atomic E-state index is 12.9. The molecule has 0 radical (unpaired) electrons. The second kappa shape index (κ2) is 7.59. The molecule has 0 saturated heterocycles. The minimum absolute atomic E-state index is 0.0807. The number of hydrogen-bond acceptors (Lipinski definition) is 4. The topological polar surface area (TPSA) is 68.4 Å². The number of nitrogens with zero attached hydrogens (tertiary/aromatic N) is 3. The van der Waals surface area contributed by atoms with Crippen LogP contribution in [0.5, 0.6) is 0 Å². The molecule has 7 heteroatoms. The summed E-state index contributed by atoms with van der Waals surface area (Å²) in [7, 11) is 0. The van der Waals surface area contributed by atoms with Crippen LogP contribution in [-0.2, 0) is 17.8 Å². The van der Waals surface area contributed by atoms with Crippen molar-refractivity contribution < 1.29 is 4.79 Å². The molecule has 3 heterocycles. The van der Waals surface area contributed by atoms with E-state index in [1.165, 1.54) is 10.2 Å². The lowest BCUT2D eigenvalue weighted by atomic mass is 10.0. The molecular formula is C21H22N4O2S. The van der Waals surface area contributed by atoms with E-state index in [4.69, 9.17) is 0 Å². The molecule has 6 nitrogen and oxygen atoms in total. The van der Waals surface area contributed by atoms with Gasteiger partial charge in [0.2, 0.25) is 5.91 Å². The van der Waals surface area contributed by atoms with Crippen LogP contribution in [0.25, 0.3) is 15.7 Å². The van der Waals surface area contributed by atoms with Gasteiger partial charge in [0.1, 0.15) is 17.9 Å². The van der Waals surface area contributed by atoms with Crippen LogP contribution in [0.1, 0.15) is 31.2 Å². The average Bonchev–Trinajstić information content (AvgIpc) is 3.31. The number of aromatic nitrogens is 3. The summed E-state index contributed by atoms with van der Waals surface area (Å²) in [6, 6.07) is 13.9. The van der Waals surface area contributed by atoms with Crippen molar-refractivity contribution in [3.05, 3.63) is 69.6 Å². The first-order valence-corrected chi connectivity index (χ1v) is 10.3. The van der Waals surface area contributed by atoms with E-state index in [1.807, 2.05) is 59.2 Å². The normalized spacial score (nSPS) is 12.5. The number of hydrogen-bond donors (Lipinski definition) is 1. The first kappa shape index (κ1) is 18.4. The molecule has 3 aromatic heterocycles. The Bertz CT molecular complexity index is 1190. The Balaban J connectivity index is 1.55. The number of nitrogens with one attached hydrogen (secondary N) is 1. The quantitative estimate of drug-likeness (QED) is 0.546. The predicted octanol–water partition coefficient (Wildman–Crippen LogP) is 3.19. The highest BCUT2D eigenvalue weighted by Crippen LogP contribution is 2.24. The maximum Gasteiger partial charge on any atom is 0.291 e. The number of thiophene rings is 1. The summed E-state index contributed by atoms with van der Waals surface area (Å²) in [4.78, 5) is 25.3. The lowest BCUT2D eigenvalue weighted by Crippen LogP contribution is -2.36. The minimum atomic E-state index is -0.244. The Morgan fingerprint density at radius 1 is 1.21 bits per heavy atom. The Morgan fingerprint density at radius 2 is 2.00 bits per heavy atom. The summed E-state index contributed by atoms with van der Waals surface area (Å²) in [6.07, 6.45) is 0.670. The lowest BCUT2D eigenvalue weighted by Gasteiger charge is -2.14. The third-order valence-electron chi connectivity index (χ3n) is 4.95. The van der Waals surface area contributed by atoms with E-state index in [9.17, 15) is 9.59 Å². The van der Waals surface area contributed by atoms with Gasteiger partial charge >= 0.3 is 0 Å². The first-order chi connectivity index (χ1) is 13.6. The molecule has 0 bridgehead atoms. The molecule has 0 fully saturated rings. The molecule has 0 unspecified atom stereocenters. The molecule has 144 valence electrons. The molecule has 1 N–H and O–H groups in total. The van der Waals surface area contributed by atoms with Crippen LogP contribution in [0, 0.1) is 0 Å². The number of carbonyl (C=O) groups is 1. The van der Waals surface area contributed by atoms with E-state index in [-0.39, 0.29) is 23.9 Å². The lowest BCUT2D eigenvalue weighted by molar-refractivity contribution is -0.121. The summed E-state index contributed by atoms with van der Waals surface area (Å²) in [5.41, 5.74) is 2.49. The Morgan fingerprint density at radius 3 is 2.75 bits per heavy atom. The van der Waals surface area contributed by atoms with Crippen molar-refractivity contribution in [2.24, 2.45) is 0 Å². The number of aryl methyl sites for hydroxylation is 1. The van der Waals surface area contributed by atoms with Crippen molar-refractivity contribution in [2.45, 2.75) is 32.7 Å². The number of carbonyl (C=O) groups excluding carboxylic acids is 1. The van der Waals surface area contributed by atoms with Crippen LogP contribution in [0.4, 0.5) is 0 Å². The van der Waals surface area contributed by atoms with Crippen LogP contribution in [0.2, 0.25) is 0 Å². The van der Waals surface area contributed by atoms with Crippen molar-refractivity contribution in [1.82, 2.24) is 19.5 Å². The Labute approximate surface area is 166 Å². The minimum Gasteiger partial charge on any atom is -0.354 e. The summed E-state index contributed by atoms with van der Waals surface area (Å²) in [5, 5.41) is 9.38. The Hall–Kier alpha value is -2.93. The van der Waals surface area contributed by atoms with Crippen molar-refractivity contribution in [3.63, 3.8) is 0 Å². The summed E-state index contributed by atoms with van der Waals surface area (Å²) in [5.74, 6) is 0.756. The van der Waals surface area contributed by atoms with Gasteiger partial charge in [-0.05, 0) is 29.0 Å². The van der Waals surface area contributed by atoms with Crippen molar-refractivity contribution >= 4 is 33.0 Å². The van der Waals surface area contributed by atoms with Gasteiger partial charge in [-0.1, -0.05) is 44.2 Å². The molecule has 4 aromatic rings. The van der Waals surface area contributed by atoms with E-state index >= 15 is 0 Å². The molecule has 1 atom stereocenters. The van der Waals surface area contributed by atoms with Gasteiger partial charge in [-0.2, -0.15) is 5.10 Å². The van der Waals surface area contributed by atoms with E-state index in [0.29, 0.717) is 18.5 Å². The average molecular weight is 395 g/mol. The molecule has 0 saturated carbocycles. The van der Waals surface area contributed by atoms with Gasteiger partial charge in [-0.3, -0.25) is 14.0 Å². The monoisotopic (exact) mass is 394 g/mol. The molecule has 28 heavy (non-hydrogen) atoms. The van der Waals surface area contributed by atoms with Gasteiger partial charge in [-0.25, -0.2) is 4.68 Å². The zero-order chi connectivity index (χ0) is 19.7. The molecule has 1 aromatic carbocycles. The van der Waals surface area contributed by atoms with Gasteiger partial charge in [0.15, 0.2) is 0 Å². The van der Waals surface area contributed by atoms with Crippen LogP contribution in [0.3, 0.4) is 0 Å². The van der Waals surface area contributed by atoms with Crippen molar-refractivity contribution in [1.29, 1.82) is 0 Å². The van der Waals surface area contributed by atoms with Gasteiger partial charge in [0.05, 0.1) is 10.2 Å². The summed E-state index contributed by atoms with van der Waals surface area (Å²) >= 11 is 1.59. The standard InChI is InChI=1S/C21H22N4O2S/c1-3-19-23-24(21(27)17-11-18-16(25(17)19)9-10-28-18)13-20(26)22-12-14(2)15-7-5-4-6-8-15/h4-11,14H,3,12-13H2,1-2H3,(H,22,26)/t14-/m1/s1. The fraction of sp³-hybridized carbons (Fsp3) is 0.286. The van der Waals surface area contributed by atoms with Gasteiger partial charge in [-0.15, -0.1) is 11.3 Å². The highest BCUT2D eigenvalue weighted by molar-refractivity contribution is 7.17. The predicted molar refractivity (Wildman–Crippen MR) is 112 cm³/mol. The van der Waals surface area contributed by atoms with Crippen molar-refractivity contribution in [3.8, 4) is 0 Å². The molecule has 0 aliphatic rings. The van der Waals surface area contributed by atoms with Crippen LogP contribution in [-0.4, -0.2) is 26.6 Å². The van der Waals surface area contributed by atoms with Crippen LogP contribution >= 0.6 is 11.3 Å². The third-order valence-corrected chi connectivity index (χ3v) is 5.81. The summed E-state index contributed by atoms with van der Waals surface area (Å²) < 4.78 is 4.23. The zero-order valence-electron chi connectivity index (χ0n) is 15.9. The van der Waals surface area contributed by atoms with Gasteiger partial charge < -0.3 is 5.32 Å². The largest absolute Gasteiger partial charge is 0.354 e. The second-order valence-electron chi connectivity index (χ2n) is 6.88. The van der Waals surface area contributed by atoms with E-state index < -0.39 is 0 Å². The van der Waals surface area contributed by atoms with E-state index in [1.54, 1.807) is 11.3 Å². The second-order valence-corrected chi connectivity index (χ2v) is 7.83. The van der Waals surface area contributed by atoms with Crippen molar-refractivity contribution in [2.75, 3.05) is 6.54 Å². The Kier molecular flexibility index (Phi) is 5.00. The fourth-order valence-corrected chi connectivity index (χ4v) is 4.22. The number of rotatable bonds is 6. The van der Waals surface area contributed by atoms with Gasteiger partial charge in [0.25, 0.3) is 5.56 Å². The highest BCUT2D eigenvalue weighted by atomic mass is 32.1. The first-order valence-electron chi connectivity index (χ1n) is 9.38. The smallest absolute Gasteiger partial charge is 0.291 e. The van der Waals surface area contributed by atoms with E-state index in [2.05, 4.69) is 17.3 Å². The molecule has 4 rings (SSSR count). The van der Waals surface area contributed by atoms with Gasteiger partial charge in [0, 0.05) is 13.0 Å². The molecular weight excluding hydrogens is 372 g/mol. The van der Waals surface area contributed by atoms with E-state index in [0.717, 1.165) is 16.0 Å². The zero-order valence-corrected chi connectivity index (χ0v) is 16.7. The summed E-state index contributed by atoms with van der Waals surface area (Å²) in [6.45, 7) is 4.50. The van der Waals surface area contributed by atoms with Crippen LogP contribution < -0.4 is 10.9 Å². The third kappa shape index (κ3) is 3.33.